The highest BCUT2D eigenvalue weighted by Crippen LogP contribution is 2.37. The number of carboxylic acids is 1. The Hall–Kier alpha value is -4.02. The summed E-state index contributed by atoms with van der Waals surface area (Å²) in [6.07, 6.45) is -1.24. The number of non-ortho nitro benzene ring substituents is 1. The molecule has 1 aliphatic carbocycles. The van der Waals surface area contributed by atoms with Gasteiger partial charge in [-0.05, 0) is 80.5 Å². The smallest absolute Gasteiger partial charge is 0.416 e. The van der Waals surface area contributed by atoms with E-state index in [9.17, 15) is 33.2 Å². The molecule has 0 bridgehead atoms. The molecule has 1 heterocycles. The number of aryl methyl sites for hydroxylation is 2. The van der Waals surface area contributed by atoms with Crippen molar-refractivity contribution in [3.63, 3.8) is 0 Å². The highest BCUT2D eigenvalue weighted by Gasteiger charge is 2.33. The number of carboxylic acid groups (broad SMARTS) is 1. The summed E-state index contributed by atoms with van der Waals surface area (Å²) in [6, 6.07) is 5.58. The second-order valence-electron chi connectivity index (χ2n) is 9.28. The first-order chi connectivity index (χ1) is 17.3. The molecule has 2 N–H and O–H groups in total. The maximum absolute atomic E-state index is 13.4. The topological polar surface area (TPSA) is 118 Å². The summed E-state index contributed by atoms with van der Waals surface area (Å²) in [7, 11) is 0. The number of hydrogen-bond donors (Lipinski definition) is 2. The van der Waals surface area contributed by atoms with E-state index in [1.807, 2.05) is 25.1 Å². The maximum Gasteiger partial charge on any atom is 0.416 e. The Morgan fingerprint density at radius 3 is 2.51 bits per heavy atom. The average molecular weight is 515 g/mol. The molecule has 1 aromatic heterocycles. The molecule has 1 aliphatic rings. The van der Waals surface area contributed by atoms with E-state index in [-0.39, 0.29) is 5.56 Å². The van der Waals surface area contributed by atoms with Crippen molar-refractivity contribution < 1.29 is 28.0 Å². The van der Waals surface area contributed by atoms with Crippen molar-refractivity contribution in [3.05, 3.63) is 74.6 Å². The summed E-state index contributed by atoms with van der Waals surface area (Å²) >= 11 is 0. The van der Waals surface area contributed by atoms with E-state index in [2.05, 4.69) is 15.3 Å². The molecular weight excluding hydrogens is 489 g/mol. The van der Waals surface area contributed by atoms with Crippen molar-refractivity contribution in [2.75, 3.05) is 5.32 Å². The summed E-state index contributed by atoms with van der Waals surface area (Å²) in [5.41, 5.74) is 1.88. The van der Waals surface area contributed by atoms with Crippen molar-refractivity contribution in [1.82, 2.24) is 9.97 Å². The van der Waals surface area contributed by atoms with E-state index in [4.69, 9.17) is 0 Å². The number of nitrogens with zero attached hydrogens (tertiary/aromatic N) is 3. The number of benzene rings is 2. The summed E-state index contributed by atoms with van der Waals surface area (Å²) < 4.78 is 40.2. The summed E-state index contributed by atoms with van der Waals surface area (Å²) in [4.78, 5) is 30.7. The van der Waals surface area contributed by atoms with Gasteiger partial charge in [0.1, 0.15) is 11.6 Å². The molecule has 0 spiro atoms. The van der Waals surface area contributed by atoms with Crippen molar-refractivity contribution in [1.29, 1.82) is 0 Å². The van der Waals surface area contributed by atoms with Gasteiger partial charge in [0.05, 0.1) is 28.0 Å². The van der Waals surface area contributed by atoms with Crippen LogP contribution in [-0.2, 0) is 11.0 Å². The zero-order valence-corrected chi connectivity index (χ0v) is 20.4. The molecule has 194 valence electrons. The fraction of sp³-hybridized carbons (Fsp3) is 0.346. The van der Waals surface area contributed by atoms with Crippen molar-refractivity contribution in [3.8, 4) is 0 Å². The number of carbonyl (C=O) groups is 1. The number of hydrogen-bond acceptors (Lipinski definition) is 6. The largest absolute Gasteiger partial charge is 0.481 e. The first-order valence-electron chi connectivity index (χ1n) is 11.7. The number of rotatable bonds is 6. The quantitative estimate of drug-likeness (QED) is 0.280. The van der Waals surface area contributed by atoms with Crippen LogP contribution in [0.1, 0.15) is 60.3 Å². The molecule has 4 rings (SSSR count). The summed E-state index contributed by atoms with van der Waals surface area (Å²) in [5, 5.41) is 24.3. The van der Waals surface area contributed by atoms with Crippen molar-refractivity contribution >= 4 is 34.0 Å². The number of fused-ring (bicyclic) bond motifs is 1. The van der Waals surface area contributed by atoms with Gasteiger partial charge in [-0.2, -0.15) is 13.2 Å². The van der Waals surface area contributed by atoms with Crippen LogP contribution in [0.5, 0.6) is 0 Å². The first kappa shape index (κ1) is 26.1. The number of nitro groups is 1. The fourth-order valence-electron chi connectivity index (χ4n) is 4.60. The molecule has 2 aromatic carbocycles. The first-order valence-corrected chi connectivity index (χ1v) is 11.7. The van der Waals surface area contributed by atoms with Crippen LogP contribution in [0.3, 0.4) is 0 Å². The van der Waals surface area contributed by atoms with Crippen LogP contribution in [0.4, 0.5) is 24.7 Å². The molecule has 3 aromatic rings. The van der Waals surface area contributed by atoms with Crippen LogP contribution in [0.2, 0.25) is 0 Å². The Balaban J connectivity index is 1.75. The Kier molecular flexibility index (Phi) is 6.90. The van der Waals surface area contributed by atoms with Crippen molar-refractivity contribution in [2.45, 2.75) is 52.3 Å². The Bertz CT molecular complexity index is 1440. The molecule has 8 nitrogen and oxygen atoms in total. The molecule has 0 saturated carbocycles. The minimum Gasteiger partial charge on any atom is -0.481 e. The number of aromatic nitrogens is 2. The lowest BCUT2D eigenvalue weighted by Crippen LogP contribution is -2.16. The second-order valence-corrected chi connectivity index (χ2v) is 9.28. The zero-order chi connectivity index (χ0) is 27.1. The third-order valence-electron chi connectivity index (χ3n) is 6.59. The SMILES string of the molecule is Cc1nc(N[C@H](C)c2cc([N+](=O)[O-])cc(C(F)(F)F)c2)c2cc(C3=CCC(C(=O)O)CC3)c(C)cc2n1. The fourth-order valence-corrected chi connectivity index (χ4v) is 4.60. The molecule has 0 fully saturated rings. The van der Waals surface area contributed by atoms with E-state index in [0.29, 0.717) is 47.9 Å². The third kappa shape index (κ3) is 5.55. The van der Waals surface area contributed by atoms with Gasteiger partial charge in [0, 0.05) is 17.5 Å². The molecule has 1 unspecified atom stereocenters. The van der Waals surface area contributed by atoms with Gasteiger partial charge in [-0.25, -0.2) is 9.97 Å². The van der Waals surface area contributed by atoms with Crippen LogP contribution in [0.15, 0.2) is 36.4 Å². The molecular formula is C26H25F3N4O4. The second kappa shape index (κ2) is 9.79. The molecule has 0 saturated heterocycles. The predicted octanol–water partition coefficient (Wildman–Crippen LogP) is 6.61. The Labute approximate surface area is 210 Å². The van der Waals surface area contributed by atoms with Crippen LogP contribution < -0.4 is 5.32 Å². The van der Waals surface area contributed by atoms with Gasteiger partial charge in [0.25, 0.3) is 5.69 Å². The lowest BCUT2D eigenvalue weighted by atomic mass is 9.85. The van der Waals surface area contributed by atoms with E-state index < -0.39 is 40.3 Å². The van der Waals surface area contributed by atoms with E-state index >= 15 is 0 Å². The van der Waals surface area contributed by atoms with Gasteiger partial charge in [0.15, 0.2) is 0 Å². The van der Waals surface area contributed by atoms with E-state index in [1.165, 1.54) is 0 Å². The summed E-state index contributed by atoms with van der Waals surface area (Å²) in [6.45, 7) is 5.24. The van der Waals surface area contributed by atoms with E-state index in [0.717, 1.165) is 28.8 Å². The number of allylic oxidation sites excluding steroid dienone is 2. The van der Waals surface area contributed by atoms with Crippen LogP contribution in [-0.4, -0.2) is 26.0 Å². The number of nitro benzene ring substituents is 1. The molecule has 37 heavy (non-hydrogen) atoms. The van der Waals surface area contributed by atoms with Gasteiger partial charge in [-0.15, -0.1) is 0 Å². The number of halogens is 3. The normalized spacial score (nSPS) is 16.8. The molecule has 0 aliphatic heterocycles. The lowest BCUT2D eigenvalue weighted by molar-refractivity contribution is -0.385. The number of nitrogens with one attached hydrogen (secondary N) is 1. The van der Waals surface area contributed by atoms with Gasteiger partial charge in [0.2, 0.25) is 0 Å². The molecule has 11 heteroatoms. The number of aliphatic carboxylic acids is 1. The third-order valence-corrected chi connectivity index (χ3v) is 6.59. The number of anilines is 1. The van der Waals surface area contributed by atoms with E-state index in [1.54, 1.807) is 13.8 Å². The average Bonchev–Trinajstić information content (AvgIpc) is 2.82. The number of alkyl halides is 3. The molecule has 0 radical (unpaired) electrons. The highest BCUT2D eigenvalue weighted by atomic mass is 19.4. The van der Waals surface area contributed by atoms with Crippen molar-refractivity contribution in [2.24, 2.45) is 5.92 Å². The minimum absolute atomic E-state index is 0.0907. The predicted molar refractivity (Wildman–Crippen MR) is 132 cm³/mol. The van der Waals surface area contributed by atoms with Crippen LogP contribution in [0, 0.1) is 29.9 Å². The highest BCUT2D eigenvalue weighted by molar-refractivity contribution is 5.93. The van der Waals surface area contributed by atoms with Crippen LogP contribution >= 0.6 is 0 Å². The maximum atomic E-state index is 13.4. The van der Waals surface area contributed by atoms with Gasteiger partial charge >= 0.3 is 12.1 Å². The zero-order valence-electron chi connectivity index (χ0n) is 20.4. The minimum atomic E-state index is -4.74. The van der Waals surface area contributed by atoms with Gasteiger partial charge in [-0.1, -0.05) is 6.08 Å². The molecule has 0 amide bonds. The van der Waals surface area contributed by atoms with Crippen LogP contribution in [0.25, 0.3) is 16.5 Å². The van der Waals surface area contributed by atoms with Gasteiger partial charge in [-0.3, -0.25) is 14.9 Å². The standard InChI is InChI=1S/C26H25F3N4O4/c1-13-8-23-22(12-21(13)16-4-6-17(7-5-16)25(34)35)24(32-15(3)31-23)30-14(2)18-9-19(26(27,28)29)11-20(10-18)33(36)37/h4,8-12,14,17H,5-7H2,1-3H3,(H,34,35)(H,30,31,32)/t14-,17?/m1/s1. The summed E-state index contributed by atoms with van der Waals surface area (Å²) in [5.74, 6) is -0.392. The lowest BCUT2D eigenvalue weighted by Gasteiger charge is -2.22. The van der Waals surface area contributed by atoms with Gasteiger partial charge < -0.3 is 10.4 Å². The monoisotopic (exact) mass is 514 g/mol. The Morgan fingerprint density at radius 1 is 1.19 bits per heavy atom. The molecule has 2 atom stereocenters. The Morgan fingerprint density at radius 2 is 1.92 bits per heavy atom.